The number of nitrogens with one attached hydrogen (secondary N) is 3. The summed E-state index contributed by atoms with van der Waals surface area (Å²) >= 11 is 0. The van der Waals surface area contributed by atoms with Gasteiger partial charge < -0.3 is 15.6 Å². The van der Waals surface area contributed by atoms with Crippen molar-refractivity contribution in [3.8, 4) is 11.3 Å². The highest BCUT2D eigenvalue weighted by atomic mass is 19.4. The number of carbonyl (C=O) groups excluding carboxylic acids is 1. The van der Waals surface area contributed by atoms with Crippen LogP contribution in [0.5, 0.6) is 0 Å². The molecule has 34 heavy (non-hydrogen) atoms. The summed E-state index contributed by atoms with van der Waals surface area (Å²) in [7, 11) is 0. The quantitative estimate of drug-likeness (QED) is 0.538. The Morgan fingerprint density at radius 3 is 2.79 bits per heavy atom. The van der Waals surface area contributed by atoms with Crippen molar-refractivity contribution < 1.29 is 18.0 Å². The van der Waals surface area contributed by atoms with Gasteiger partial charge >= 0.3 is 6.18 Å². The normalized spacial score (nSPS) is 19.0. The lowest BCUT2D eigenvalue weighted by Gasteiger charge is -2.24. The molecule has 1 unspecified atom stereocenters. The Hall–Kier alpha value is -3.47. The Morgan fingerprint density at radius 2 is 2.06 bits per heavy atom. The fraction of sp³-hybridized carbons (Fsp3) is 0.391. The summed E-state index contributed by atoms with van der Waals surface area (Å²) in [5.74, 6) is 0.315. The van der Waals surface area contributed by atoms with Gasteiger partial charge in [-0.15, -0.1) is 0 Å². The molecule has 11 heteroatoms. The maximum absolute atomic E-state index is 13.9. The zero-order valence-electron chi connectivity index (χ0n) is 18.3. The van der Waals surface area contributed by atoms with E-state index in [1.54, 1.807) is 29.3 Å². The fourth-order valence-corrected chi connectivity index (χ4v) is 4.52. The molecule has 1 amide bonds. The second kappa shape index (κ2) is 9.05. The summed E-state index contributed by atoms with van der Waals surface area (Å²) in [6.45, 7) is 2.02. The number of anilines is 2. The number of rotatable bonds is 4. The molecule has 3 N–H and O–H groups in total. The van der Waals surface area contributed by atoms with Crippen LogP contribution in [-0.4, -0.2) is 51.5 Å². The third-order valence-corrected chi connectivity index (χ3v) is 6.16. The standard InChI is InChI=1S/C23H24F3N7O/c24-23(25,26)17-13-30-22(31-14-5-3-8-27-11-14)32-19(17)16-12-29-20-15(16)6-4-10-33(21(20)34)18-7-1-2-9-28-18/h1-2,7,9,12-14,27,29H,3-6,8,10-11H2,(H,30,31,32). The molecule has 1 saturated heterocycles. The van der Waals surface area contributed by atoms with Gasteiger partial charge in [0.25, 0.3) is 5.91 Å². The van der Waals surface area contributed by atoms with Crippen molar-refractivity contribution in [2.45, 2.75) is 37.9 Å². The molecule has 0 spiro atoms. The van der Waals surface area contributed by atoms with Gasteiger partial charge in [0.1, 0.15) is 17.1 Å². The van der Waals surface area contributed by atoms with Gasteiger partial charge in [-0.3, -0.25) is 9.69 Å². The third kappa shape index (κ3) is 4.35. The van der Waals surface area contributed by atoms with E-state index in [1.807, 2.05) is 0 Å². The van der Waals surface area contributed by atoms with Crippen LogP contribution >= 0.6 is 0 Å². The Bertz CT molecular complexity index is 1170. The number of nitrogens with zero attached hydrogens (tertiary/aromatic N) is 4. The number of aromatic amines is 1. The van der Waals surface area contributed by atoms with Crippen molar-refractivity contribution in [2.24, 2.45) is 0 Å². The highest BCUT2D eigenvalue weighted by molar-refractivity contribution is 6.06. The van der Waals surface area contributed by atoms with Gasteiger partial charge in [-0.1, -0.05) is 6.07 Å². The second-order valence-corrected chi connectivity index (χ2v) is 8.45. The Labute approximate surface area is 194 Å². The van der Waals surface area contributed by atoms with Crippen LogP contribution in [0.25, 0.3) is 11.3 Å². The number of hydrogen-bond donors (Lipinski definition) is 3. The molecule has 3 aromatic heterocycles. The Kier molecular flexibility index (Phi) is 5.94. The molecular formula is C23H24F3N7O. The van der Waals surface area contributed by atoms with Crippen LogP contribution in [0.1, 0.15) is 40.9 Å². The van der Waals surface area contributed by atoms with E-state index in [4.69, 9.17) is 0 Å². The van der Waals surface area contributed by atoms with Crippen molar-refractivity contribution in [3.63, 3.8) is 0 Å². The van der Waals surface area contributed by atoms with Crippen LogP contribution in [0.15, 0.2) is 36.8 Å². The van der Waals surface area contributed by atoms with Crippen LogP contribution < -0.4 is 15.5 Å². The minimum atomic E-state index is -4.64. The number of aromatic nitrogens is 4. The molecule has 1 atom stereocenters. The molecular weight excluding hydrogens is 447 g/mol. The lowest BCUT2D eigenvalue weighted by Crippen LogP contribution is -2.38. The van der Waals surface area contributed by atoms with Gasteiger partial charge in [0.05, 0.1) is 5.69 Å². The van der Waals surface area contributed by atoms with Gasteiger partial charge in [0, 0.05) is 43.3 Å². The van der Waals surface area contributed by atoms with Crippen LogP contribution in [0, 0.1) is 0 Å². The largest absolute Gasteiger partial charge is 0.419 e. The third-order valence-electron chi connectivity index (χ3n) is 6.16. The molecule has 0 saturated carbocycles. The van der Waals surface area contributed by atoms with Crippen LogP contribution in [0.3, 0.4) is 0 Å². The highest BCUT2D eigenvalue weighted by Gasteiger charge is 2.37. The average molecular weight is 471 g/mol. The zero-order valence-corrected chi connectivity index (χ0v) is 18.3. The van der Waals surface area contributed by atoms with E-state index in [-0.39, 0.29) is 34.8 Å². The topological polar surface area (TPSA) is 98.8 Å². The second-order valence-electron chi connectivity index (χ2n) is 8.45. The van der Waals surface area contributed by atoms with Crippen molar-refractivity contribution in [2.75, 3.05) is 29.9 Å². The average Bonchev–Trinajstić information content (AvgIpc) is 3.18. The van der Waals surface area contributed by atoms with E-state index in [1.165, 1.54) is 6.20 Å². The first-order chi connectivity index (χ1) is 16.4. The number of carbonyl (C=O) groups is 1. The Balaban J connectivity index is 1.54. The minimum Gasteiger partial charge on any atom is -0.356 e. The van der Waals surface area contributed by atoms with Gasteiger partial charge in [-0.2, -0.15) is 13.2 Å². The van der Waals surface area contributed by atoms with E-state index >= 15 is 0 Å². The molecule has 0 aliphatic carbocycles. The van der Waals surface area contributed by atoms with Gasteiger partial charge in [-0.25, -0.2) is 15.0 Å². The van der Waals surface area contributed by atoms with E-state index in [0.29, 0.717) is 37.3 Å². The van der Waals surface area contributed by atoms with Crippen molar-refractivity contribution in [1.29, 1.82) is 0 Å². The number of hydrogen-bond acceptors (Lipinski definition) is 6. The molecule has 8 nitrogen and oxygen atoms in total. The summed E-state index contributed by atoms with van der Waals surface area (Å²) in [5.41, 5.74) is -0.107. The maximum atomic E-state index is 13.9. The van der Waals surface area contributed by atoms with Gasteiger partial charge in [0.15, 0.2) is 0 Å². The molecule has 1 fully saturated rings. The molecule has 178 valence electrons. The smallest absolute Gasteiger partial charge is 0.356 e. The van der Waals surface area contributed by atoms with Crippen molar-refractivity contribution >= 4 is 17.7 Å². The first-order valence-corrected chi connectivity index (χ1v) is 11.3. The van der Waals surface area contributed by atoms with E-state index in [0.717, 1.165) is 25.6 Å². The number of fused-ring (bicyclic) bond motifs is 1. The van der Waals surface area contributed by atoms with E-state index in [9.17, 15) is 18.0 Å². The molecule has 0 bridgehead atoms. The minimum absolute atomic E-state index is 0.0372. The number of amides is 1. The Morgan fingerprint density at radius 1 is 1.18 bits per heavy atom. The number of halogens is 3. The molecule has 0 aromatic carbocycles. The number of pyridine rings is 1. The molecule has 5 heterocycles. The monoisotopic (exact) mass is 471 g/mol. The molecule has 2 aliphatic rings. The predicted octanol–water partition coefficient (Wildman–Crippen LogP) is 3.64. The summed E-state index contributed by atoms with van der Waals surface area (Å²) in [6, 6.07) is 5.31. The number of H-pyrrole nitrogens is 1. The summed E-state index contributed by atoms with van der Waals surface area (Å²) in [6.07, 6.45) is 2.06. The molecule has 3 aromatic rings. The van der Waals surface area contributed by atoms with E-state index < -0.39 is 11.7 Å². The lowest BCUT2D eigenvalue weighted by atomic mass is 10.0. The first kappa shape index (κ1) is 22.3. The molecule has 2 aliphatic heterocycles. The van der Waals surface area contributed by atoms with Gasteiger partial charge in [0.2, 0.25) is 5.95 Å². The predicted molar refractivity (Wildman–Crippen MR) is 121 cm³/mol. The fourth-order valence-electron chi connectivity index (χ4n) is 4.52. The molecule has 0 radical (unpaired) electrons. The lowest BCUT2D eigenvalue weighted by molar-refractivity contribution is -0.137. The molecule has 5 rings (SSSR count). The number of alkyl halides is 3. The first-order valence-electron chi connectivity index (χ1n) is 11.3. The van der Waals surface area contributed by atoms with Crippen LogP contribution in [0.4, 0.5) is 24.9 Å². The number of piperidine rings is 1. The summed E-state index contributed by atoms with van der Waals surface area (Å²) < 4.78 is 41.7. The SMILES string of the molecule is O=C1c2[nH]cc(-c3nc(NC4CCCNC4)ncc3C(F)(F)F)c2CCCN1c1ccccn1. The van der Waals surface area contributed by atoms with Crippen molar-refractivity contribution in [3.05, 3.63) is 53.6 Å². The zero-order chi connectivity index (χ0) is 23.7. The summed E-state index contributed by atoms with van der Waals surface area (Å²) in [5, 5.41) is 6.40. The maximum Gasteiger partial charge on any atom is 0.419 e. The highest BCUT2D eigenvalue weighted by Crippen LogP contribution is 2.39. The summed E-state index contributed by atoms with van der Waals surface area (Å²) in [4.78, 5) is 30.2. The van der Waals surface area contributed by atoms with Crippen molar-refractivity contribution in [1.82, 2.24) is 25.3 Å². The van der Waals surface area contributed by atoms with Gasteiger partial charge in [-0.05, 0) is 49.9 Å². The van der Waals surface area contributed by atoms with E-state index in [2.05, 4.69) is 30.6 Å². The van der Waals surface area contributed by atoms with Crippen LogP contribution in [0.2, 0.25) is 0 Å². The van der Waals surface area contributed by atoms with Crippen LogP contribution in [-0.2, 0) is 12.6 Å².